The van der Waals surface area contributed by atoms with Gasteiger partial charge in [0.15, 0.2) is 5.13 Å². The summed E-state index contributed by atoms with van der Waals surface area (Å²) < 4.78 is 28.9. The van der Waals surface area contributed by atoms with Crippen molar-refractivity contribution in [1.29, 1.82) is 0 Å². The van der Waals surface area contributed by atoms with Crippen molar-refractivity contribution in [1.82, 2.24) is 4.98 Å². The molecule has 0 unspecified atom stereocenters. The number of methoxy groups -OCH3 is 1. The molecule has 106 valence electrons. The highest BCUT2D eigenvalue weighted by molar-refractivity contribution is 7.99. The number of benzene rings is 1. The van der Waals surface area contributed by atoms with Crippen molar-refractivity contribution in [3.8, 4) is 0 Å². The Hall–Kier alpha value is -1.67. The Balaban J connectivity index is 2.02. The summed E-state index contributed by atoms with van der Waals surface area (Å²) in [5.74, 6) is -2.88. The standard InChI is InChI=1S/C12H10F2N2O2S2/c1-18-10(17)9-6-15-12(20-9)16-7-2-4-8(5-3-7)19-11(13)14/h2-6,11H,1H3,(H,15,16). The number of carbonyl (C=O) groups is 1. The van der Waals surface area contributed by atoms with Gasteiger partial charge < -0.3 is 10.1 Å². The number of anilines is 2. The zero-order valence-electron chi connectivity index (χ0n) is 10.3. The Kier molecular flexibility index (Phi) is 4.91. The molecule has 0 aliphatic rings. The molecular formula is C12H10F2N2O2S2. The first-order valence-corrected chi connectivity index (χ1v) is 7.14. The molecule has 0 bridgehead atoms. The van der Waals surface area contributed by atoms with Crippen LogP contribution in [0.4, 0.5) is 19.6 Å². The van der Waals surface area contributed by atoms with Crippen LogP contribution < -0.4 is 5.32 Å². The predicted molar refractivity (Wildman–Crippen MR) is 75.0 cm³/mol. The van der Waals surface area contributed by atoms with E-state index in [1.807, 2.05) is 0 Å². The second-order valence-electron chi connectivity index (χ2n) is 3.55. The summed E-state index contributed by atoms with van der Waals surface area (Å²) in [5.41, 5.74) is 0.703. The molecule has 0 saturated heterocycles. The van der Waals surface area contributed by atoms with E-state index in [1.54, 1.807) is 24.3 Å². The second-order valence-corrected chi connectivity index (χ2v) is 5.64. The largest absolute Gasteiger partial charge is 0.465 e. The lowest BCUT2D eigenvalue weighted by atomic mass is 10.3. The number of thioether (sulfide) groups is 1. The van der Waals surface area contributed by atoms with Crippen LogP contribution in [0.15, 0.2) is 35.4 Å². The molecule has 0 aliphatic heterocycles. The van der Waals surface area contributed by atoms with E-state index in [9.17, 15) is 13.6 Å². The molecule has 0 saturated carbocycles. The Bertz CT molecular complexity index is 587. The summed E-state index contributed by atoms with van der Waals surface area (Å²) in [6.45, 7) is 0. The topological polar surface area (TPSA) is 51.2 Å². The molecule has 1 aromatic heterocycles. The van der Waals surface area contributed by atoms with Crippen LogP contribution in [-0.2, 0) is 4.74 Å². The molecule has 0 radical (unpaired) electrons. The van der Waals surface area contributed by atoms with Crippen molar-refractivity contribution in [2.24, 2.45) is 0 Å². The minimum Gasteiger partial charge on any atom is -0.465 e. The molecule has 0 aliphatic carbocycles. The van der Waals surface area contributed by atoms with Gasteiger partial charge in [0.25, 0.3) is 5.76 Å². The molecule has 0 fully saturated rings. The van der Waals surface area contributed by atoms with E-state index in [4.69, 9.17) is 0 Å². The van der Waals surface area contributed by atoms with E-state index in [1.165, 1.54) is 13.3 Å². The Morgan fingerprint density at radius 2 is 2.10 bits per heavy atom. The van der Waals surface area contributed by atoms with Gasteiger partial charge >= 0.3 is 5.97 Å². The van der Waals surface area contributed by atoms with Gasteiger partial charge in [-0.05, 0) is 24.3 Å². The summed E-state index contributed by atoms with van der Waals surface area (Å²) in [7, 11) is 1.30. The number of carbonyl (C=O) groups excluding carboxylic acids is 1. The van der Waals surface area contributed by atoms with Gasteiger partial charge in [-0.25, -0.2) is 9.78 Å². The van der Waals surface area contributed by atoms with Gasteiger partial charge in [-0.2, -0.15) is 8.78 Å². The average molecular weight is 316 g/mol. The van der Waals surface area contributed by atoms with Crippen LogP contribution in [0.5, 0.6) is 0 Å². The van der Waals surface area contributed by atoms with Gasteiger partial charge in [0, 0.05) is 10.6 Å². The number of thiazole rings is 1. The van der Waals surface area contributed by atoms with E-state index in [2.05, 4.69) is 15.0 Å². The summed E-state index contributed by atoms with van der Waals surface area (Å²) in [5, 5.41) is 3.51. The fourth-order valence-electron chi connectivity index (χ4n) is 1.37. The molecule has 0 amide bonds. The third-order valence-corrected chi connectivity index (χ3v) is 3.84. The maximum atomic E-state index is 12.2. The number of nitrogens with one attached hydrogen (secondary N) is 1. The Morgan fingerprint density at radius 1 is 1.40 bits per heavy atom. The molecule has 0 spiro atoms. The fraction of sp³-hybridized carbons (Fsp3) is 0.167. The smallest absolute Gasteiger partial charge is 0.349 e. The van der Waals surface area contributed by atoms with Gasteiger partial charge in [-0.15, -0.1) is 0 Å². The quantitative estimate of drug-likeness (QED) is 0.668. The molecule has 20 heavy (non-hydrogen) atoms. The van der Waals surface area contributed by atoms with E-state index in [0.717, 1.165) is 11.3 Å². The minimum absolute atomic E-state index is 0.389. The number of esters is 1. The Morgan fingerprint density at radius 3 is 2.70 bits per heavy atom. The maximum absolute atomic E-state index is 12.2. The van der Waals surface area contributed by atoms with Gasteiger partial charge in [0.1, 0.15) is 4.88 Å². The SMILES string of the molecule is COC(=O)c1cnc(Nc2ccc(SC(F)F)cc2)s1. The summed E-state index contributed by atoms with van der Waals surface area (Å²) >= 11 is 1.64. The molecule has 1 aromatic carbocycles. The van der Waals surface area contributed by atoms with Crippen LogP contribution in [0.1, 0.15) is 9.67 Å². The van der Waals surface area contributed by atoms with E-state index >= 15 is 0 Å². The number of aromatic nitrogens is 1. The monoisotopic (exact) mass is 316 g/mol. The maximum Gasteiger partial charge on any atom is 0.349 e. The normalized spacial score (nSPS) is 10.6. The minimum atomic E-state index is -2.43. The molecule has 1 N–H and O–H groups in total. The number of hydrogen-bond acceptors (Lipinski definition) is 6. The van der Waals surface area contributed by atoms with Crippen molar-refractivity contribution in [3.63, 3.8) is 0 Å². The zero-order chi connectivity index (χ0) is 14.5. The van der Waals surface area contributed by atoms with Crippen LogP contribution in [0.2, 0.25) is 0 Å². The Labute approximate surface area is 122 Å². The first kappa shape index (κ1) is 14.7. The van der Waals surface area contributed by atoms with Gasteiger partial charge in [-0.3, -0.25) is 0 Å². The lowest BCUT2D eigenvalue weighted by Gasteiger charge is -2.04. The van der Waals surface area contributed by atoms with Crippen LogP contribution in [0.25, 0.3) is 0 Å². The number of hydrogen-bond donors (Lipinski definition) is 1. The highest BCUT2D eigenvalue weighted by Gasteiger charge is 2.10. The second kappa shape index (κ2) is 6.67. The van der Waals surface area contributed by atoms with Gasteiger partial charge in [0.05, 0.1) is 13.3 Å². The summed E-state index contributed by atoms with van der Waals surface area (Å²) in [4.78, 5) is 16.2. The van der Waals surface area contributed by atoms with E-state index in [-0.39, 0.29) is 0 Å². The van der Waals surface area contributed by atoms with Crippen LogP contribution in [-0.4, -0.2) is 23.8 Å². The summed E-state index contributed by atoms with van der Waals surface area (Å²) in [6, 6.07) is 6.52. The molecular weight excluding hydrogens is 306 g/mol. The van der Waals surface area contributed by atoms with Crippen LogP contribution in [0, 0.1) is 0 Å². The van der Waals surface area contributed by atoms with Gasteiger partial charge in [-0.1, -0.05) is 23.1 Å². The molecule has 1 heterocycles. The summed E-state index contributed by atoms with van der Waals surface area (Å²) in [6.07, 6.45) is 1.42. The first-order chi connectivity index (χ1) is 9.58. The first-order valence-electron chi connectivity index (χ1n) is 5.44. The predicted octanol–water partition coefficient (Wildman–Crippen LogP) is 3.99. The molecule has 4 nitrogen and oxygen atoms in total. The fourth-order valence-corrected chi connectivity index (χ4v) is 2.62. The highest BCUT2D eigenvalue weighted by atomic mass is 32.2. The van der Waals surface area contributed by atoms with Crippen molar-refractivity contribution in [3.05, 3.63) is 35.3 Å². The number of ether oxygens (including phenoxy) is 1. The van der Waals surface area contributed by atoms with E-state index < -0.39 is 11.7 Å². The molecule has 0 atom stereocenters. The van der Waals surface area contributed by atoms with Crippen molar-refractivity contribution in [2.45, 2.75) is 10.7 Å². The van der Waals surface area contributed by atoms with Crippen LogP contribution in [0.3, 0.4) is 0 Å². The number of nitrogens with zero attached hydrogens (tertiary/aromatic N) is 1. The number of rotatable bonds is 5. The molecule has 8 heteroatoms. The van der Waals surface area contributed by atoms with Crippen molar-refractivity contribution < 1.29 is 18.3 Å². The average Bonchev–Trinajstić information content (AvgIpc) is 2.88. The van der Waals surface area contributed by atoms with Crippen molar-refractivity contribution >= 4 is 39.9 Å². The van der Waals surface area contributed by atoms with E-state index in [0.29, 0.717) is 32.4 Å². The van der Waals surface area contributed by atoms with Crippen LogP contribution >= 0.6 is 23.1 Å². The molecule has 2 rings (SSSR count). The lowest BCUT2D eigenvalue weighted by Crippen LogP contribution is -1.96. The lowest BCUT2D eigenvalue weighted by molar-refractivity contribution is 0.0606. The number of halogens is 2. The van der Waals surface area contributed by atoms with Gasteiger partial charge in [0.2, 0.25) is 0 Å². The third-order valence-electron chi connectivity index (χ3n) is 2.22. The highest BCUT2D eigenvalue weighted by Crippen LogP contribution is 2.28. The van der Waals surface area contributed by atoms with Crippen molar-refractivity contribution in [2.75, 3.05) is 12.4 Å². The third kappa shape index (κ3) is 3.91. The molecule has 2 aromatic rings. The number of alkyl halides is 2. The zero-order valence-corrected chi connectivity index (χ0v) is 11.9.